The van der Waals surface area contributed by atoms with Gasteiger partial charge in [0.15, 0.2) is 0 Å². The first-order chi connectivity index (χ1) is 8.58. The lowest BCUT2D eigenvalue weighted by atomic mass is 10.2. The molecule has 0 radical (unpaired) electrons. The fourth-order valence-electron chi connectivity index (χ4n) is 1.72. The van der Waals surface area contributed by atoms with Gasteiger partial charge < -0.3 is 13.9 Å². The number of carboxylic acids is 1. The molecule has 5 heteroatoms. The molecule has 0 fully saturated rings. The van der Waals surface area contributed by atoms with Gasteiger partial charge in [0.25, 0.3) is 0 Å². The Labute approximate surface area is 105 Å². The summed E-state index contributed by atoms with van der Waals surface area (Å²) in [5, 5.41) is 8.81. The van der Waals surface area contributed by atoms with Gasteiger partial charge in [0, 0.05) is 12.1 Å². The molecule has 1 atom stereocenters. The molecule has 0 bridgehead atoms. The van der Waals surface area contributed by atoms with Crippen molar-refractivity contribution < 1.29 is 18.7 Å². The first-order valence-corrected chi connectivity index (χ1v) is 5.62. The zero-order chi connectivity index (χ0) is 13.1. The zero-order valence-corrected chi connectivity index (χ0v) is 10.3. The van der Waals surface area contributed by atoms with Crippen LogP contribution in [0.15, 0.2) is 39.6 Å². The minimum absolute atomic E-state index is 0.00648. The van der Waals surface area contributed by atoms with Crippen LogP contribution in [-0.2, 0) is 6.54 Å². The Morgan fingerprint density at radius 3 is 2.78 bits per heavy atom. The maximum Gasteiger partial charge on any atom is 0.371 e. The topological polar surface area (TPSA) is 66.8 Å². The first-order valence-electron chi connectivity index (χ1n) is 5.62. The summed E-state index contributed by atoms with van der Waals surface area (Å²) in [7, 11) is 1.95. The van der Waals surface area contributed by atoms with Crippen LogP contribution in [0, 0.1) is 0 Å². The summed E-state index contributed by atoms with van der Waals surface area (Å²) < 4.78 is 10.3. The summed E-state index contributed by atoms with van der Waals surface area (Å²) in [5.74, 6) is -0.446. The molecule has 18 heavy (non-hydrogen) atoms. The van der Waals surface area contributed by atoms with Crippen molar-refractivity contribution >= 4 is 5.97 Å². The van der Waals surface area contributed by atoms with E-state index in [1.165, 1.54) is 6.07 Å². The number of hydrogen-bond donors (Lipinski definition) is 1. The molecule has 1 N–H and O–H groups in total. The molecule has 0 spiro atoms. The van der Waals surface area contributed by atoms with Gasteiger partial charge in [-0.05, 0) is 32.2 Å². The van der Waals surface area contributed by atoms with Gasteiger partial charge in [0.1, 0.15) is 5.76 Å². The Bertz CT molecular complexity index is 515. The van der Waals surface area contributed by atoms with Gasteiger partial charge in [0.05, 0.1) is 18.6 Å². The van der Waals surface area contributed by atoms with E-state index in [4.69, 9.17) is 13.9 Å². The second-order valence-corrected chi connectivity index (χ2v) is 4.23. The number of nitrogens with zero attached hydrogens (tertiary/aromatic N) is 1. The van der Waals surface area contributed by atoms with Gasteiger partial charge in [-0.3, -0.25) is 4.90 Å². The average molecular weight is 249 g/mol. The predicted molar refractivity (Wildman–Crippen MR) is 64.3 cm³/mol. The van der Waals surface area contributed by atoms with E-state index in [-0.39, 0.29) is 11.8 Å². The Balaban J connectivity index is 2.05. The molecule has 0 aliphatic rings. The molecular weight excluding hydrogens is 234 g/mol. The third-order valence-electron chi connectivity index (χ3n) is 2.92. The van der Waals surface area contributed by atoms with E-state index in [9.17, 15) is 4.79 Å². The van der Waals surface area contributed by atoms with Crippen LogP contribution in [0.4, 0.5) is 0 Å². The minimum Gasteiger partial charge on any atom is -0.475 e. The highest BCUT2D eigenvalue weighted by molar-refractivity contribution is 5.84. The SMILES string of the molecule is CC(c1ccc(C(=O)O)o1)N(C)Cc1ccoc1. The van der Waals surface area contributed by atoms with Gasteiger partial charge in [0.2, 0.25) is 5.76 Å². The normalized spacial score (nSPS) is 12.8. The fraction of sp³-hybridized carbons (Fsp3) is 0.308. The van der Waals surface area contributed by atoms with E-state index in [1.807, 2.05) is 20.0 Å². The van der Waals surface area contributed by atoms with Crippen molar-refractivity contribution in [3.63, 3.8) is 0 Å². The van der Waals surface area contributed by atoms with E-state index in [0.29, 0.717) is 12.3 Å². The number of rotatable bonds is 5. The molecule has 2 aromatic heterocycles. The summed E-state index contributed by atoms with van der Waals surface area (Å²) in [5.41, 5.74) is 1.06. The van der Waals surface area contributed by atoms with Gasteiger partial charge >= 0.3 is 5.97 Å². The highest BCUT2D eigenvalue weighted by Crippen LogP contribution is 2.23. The lowest BCUT2D eigenvalue weighted by Gasteiger charge is -2.22. The summed E-state index contributed by atoms with van der Waals surface area (Å²) in [6.07, 6.45) is 3.32. The van der Waals surface area contributed by atoms with Crippen LogP contribution in [0.25, 0.3) is 0 Å². The van der Waals surface area contributed by atoms with E-state index in [0.717, 1.165) is 5.56 Å². The van der Waals surface area contributed by atoms with Gasteiger partial charge in [-0.1, -0.05) is 0 Å². The van der Waals surface area contributed by atoms with Crippen LogP contribution in [-0.4, -0.2) is 23.0 Å². The third-order valence-corrected chi connectivity index (χ3v) is 2.92. The van der Waals surface area contributed by atoms with Crippen molar-refractivity contribution in [1.29, 1.82) is 0 Å². The van der Waals surface area contributed by atoms with Crippen LogP contribution in [0.1, 0.15) is 34.8 Å². The lowest BCUT2D eigenvalue weighted by Crippen LogP contribution is -2.21. The number of carboxylic acid groups (broad SMARTS) is 1. The van der Waals surface area contributed by atoms with Crippen LogP contribution in [0.5, 0.6) is 0 Å². The Morgan fingerprint density at radius 2 is 2.22 bits per heavy atom. The van der Waals surface area contributed by atoms with E-state index in [2.05, 4.69) is 4.90 Å². The highest BCUT2D eigenvalue weighted by atomic mass is 16.4. The molecule has 0 aliphatic carbocycles. The minimum atomic E-state index is -1.05. The molecule has 5 nitrogen and oxygen atoms in total. The monoisotopic (exact) mass is 249 g/mol. The van der Waals surface area contributed by atoms with Gasteiger partial charge in [-0.25, -0.2) is 4.79 Å². The highest BCUT2D eigenvalue weighted by Gasteiger charge is 2.18. The first kappa shape index (κ1) is 12.4. The Kier molecular flexibility index (Phi) is 3.53. The number of hydrogen-bond acceptors (Lipinski definition) is 4. The second-order valence-electron chi connectivity index (χ2n) is 4.23. The summed E-state index contributed by atoms with van der Waals surface area (Å²) in [6.45, 7) is 2.67. The van der Waals surface area contributed by atoms with Crippen molar-refractivity contribution in [3.8, 4) is 0 Å². The quantitative estimate of drug-likeness (QED) is 0.882. The van der Waals surface area contributed by atoms with Crippen molar-refractivity contribution in [2.45, 2.75) is 19.5 Å². The molecule has 0 saturated carbocycles. The molecule has 0 aliphatic heterocycles. The molecular formula is C13H15NO4. The number of aromatic carboxylic acids is 1. The third kappa shape index (κ3) is 2.62. The standard InChI is InChI=1S/C13H15NO4/c1-9(11-3-4-12(18-11)13(15)16)14(2)7-10-5-6-17-8-10/h3-6,8-9H,7H2,1-2H3,(H,15,16). The maximum atomic E-state index is 10.7. The summed E-state index contributed by atoms with van der Waals surface area (Å²) in [4.78, 5) is 12.8. The maximum absolute atomic E-state index is 10.7. The van der Waals surface area contributed by atoms with Crippen molar-refractivity contribution in [3.05, 3.63) is 47.8 Å². The Morgan fingerprint density at radius 1 is 1.44 bits per heavy atom. The average Bonchev–Trinajstić information content (AvgIpc) is 2.98. The molecule has 0 amide bonds. The van der Waals surface area contributed by atoms with Crippen LogP contribution in [0.2, 0.25) is 0 Å². The van der Waals surface area contributed by atoms with E-state index >= 15 is 0 Å². The van der Waals surface area contributed by atoms with Crippen molar-refractivity contribution in [1.82, 2.24) is 4.90 Å². The van der Waals surface area contributed by atoms with Crippen LogP contribution < -0.4 is 0 Å². The summed E-state index contributed by atoms with van der Waals surface area (Å²) >= 11 is 0. The van der Waals surface area contributed by atoms with Crippen LogP contribution >= 0.6 is 0 Å². The van der Waals surface area contributed by atoms with Crippen molar-refractivity contribution in [2.75, 3.05) is 7.05 Å². The summed E-state index contributed by atoms with van der Waals surface area (Å²) in [6, 6.07) is 5.06. The molecule has 0 saturated heterocycles. The zero-order valence-electron chi connectivity index (χ0n) is 10.3. The number of carbonyl (C=O) groups is 1. The lowest BCUT2D eigenvalue weighted by molar-refractivity contribution is 0.0656. The van der Waals surface area contributed by atoms with Crippen LogP contribution in [0.3, 0.4) is 0 Å². The van der Waals surface area contributed by atoms with Gasteiger partial charge in [-0.2, -0.15) is 0 Å². The van der Waals surface area contributed by atoms with Crippen molar-refractivity contribution in [2.24, 2.45) is 0 Å². The largest absolute Gasteiger partial charge is 0.475 e. The smallest absolute Gasteiger partial charge is 0.371 e. The molecule has 2 heterocycles. The molecule has 1 unspecified atom stereocenters. The predicted octanol–water partition coefficient (Wildman–Crippen LogP) is 2.76. The molecule has 2 aromatic rings. The van der Waals surface area contributed by atoms with E-state index < -0.39 is 5.97 Å². The van der Waals surface area contributed by atoms with Gasteiger partial charge in [-0.15, -0.1) is 0 Å². The molecule has 0 aromatic carbocycles. The molecule has 2 rings (SSSR count). The fourth-order valence-corrected chi connectivity index (χ4v) is 1.72. The molecule has 96 valence electrons. The Hall–Kier alpha value is -2.01. The second kappa shape index (κ2) is 5.10. The van der Waals surface area contributed by atoms with E-state index in [1.54, 1.807) is 18.6 Å². The number of furan rings is 2.